The van der Waals surface area contributed by atoms with Crippen LogP contribution in [0.15, 0.2) is 0 Å². The molecule has 1 unspecified atom stereocenters. The van der Waals surface area contributed by atoms with Crippen LogP contribution in [-0.2, 0) is 24.4 Å². The molecule has 0 aromatic heterocycles. The van der Waals surface area contributed by atoms with Gasteiger partial charge in [-0.3, -0.25) is 8.74 Å². The molecule has 0 saturated heterocycles. The van der Waals surface area contributed by atoms with Gasteiger partial charge in [-0.05, 0) is 6.92 Å². The van der Waals surface area contributed by atoms with E-state index in [4.69, 9.17) is 4.55 Å². The van der Waals surface area contributed by atoms with Crippen LogP contribution < -0.4 is 0 Å². The Labute approximate surface area is 83.1 Å². The molecule has 8 heteroatoms. The molecule has 0 saturated carbocycles. The highest BCUT2D eigenvalue weighted by Crippen LogP contribution is 2.00. The lowest BCUT2D eigenvalue weighted by atomic mass is 10.4. The van der Waals surface area contributed by atoms with Gasteiger partial charge in [-0.15, -0.1) is 5.92 Å². The fourth-order valence-corrected chi connectivity index (χ4v) is 1.82. The Morgan fingerprint density at radius 2 is 1.86 bits per heavy atom. The third-order valence-electron chi connectivity index (χ3n) is 0.958. The molecular formula is C6H10O6S2. The van der Waals surface area contributed by atoms with E-state index in [0.717, 1.165) is 6.26 Å². The molecule has 0 aliphatic heterocycles. The van der Waals surface area contributed by atoms with Crippen molar-refractivity contribution >= 4 is 20.2 Å². The Balaban J connectivity index is 4.70. The average molecular weight is 242 g/mol. The summed E-state index contributed by atoms with van der Waals surface area (Å²) in [6.45, 7) is 1.39. The van der Waals surface area contributed by atoms with Crippen LogP contribution in [0.25, 0.3) is 0 Å². The van der Waals surface area contributed by atoms with Gasteiger partial charge in [0.15, 0.2) is 6.10 Å². The predicted molar refractivity (Wildman–Crippen MR) is 49.6 cm³/mol. The molecule has 6 nitrogen and oxygen atoms in total. The molecule has 0 amide bonds. The first kappa shape index (κ1) is 13.4. The molecule has 1 N–H and O–H groups in total. The van der Waals surface area contributed by atoms with Crippen molar-refractivity contribution < 1.29 is 25.6 Å². The highest BCUT2D eigenvalue weighted by atomic mass is 32.2. The zero-order chi connectivity index (χ0) is 11.4. The summed E-state index contributed by atoms with van der Waals surface area (Å²) in [5, 5.41) is 0. The summed E-state index contributed by atoms with van der Waals surface area (Å²) < 4.78 is 54.9. The van der Waals surface area contributed by atoms with E-state index in [2.05, 4.69) is 16.0 Å². The minimum absolute atomic E-state index is 0.765. The topological polar surface area (TPSA) is 97.7 Å². The fraction of sp³-hybridized carbons (Fsp3) is 0.667. The SMILES string of the molecule is CC#CC(CS(=O)(=O)O)OS(C)(=O)=O. The van der Waals surface area contributed by atoms with Crippen molar-refractivity contribution in [3.05, 3.63) is 0 Å². The van der Waals surface area contributed by atoms with Gasteiger partial charge in [0.25, 0.3) is 20.2 Å². The van der Waals surface area contributed by atoms with Crippen molar-refractivity contribution in [2.45, 2.75) is 13.0 Å². The maximum atomic E-state index is 10.6. The van der Waals surface area contributed by atoms with Crippen LogP contribution in [-0.4, -0.2) is 39.5 Å². The van der Waals surface area contributed by atoms with Crippen LogP contribution >= 0.6 is 0 Å². The van der Waals surface area contributed by atoms with E-state index in [1.165, 1.54) is 6.92 Å². The van der Waals surface area contributed by atoms with Gasteiger partial charge >= 0.3 is 0 Å². The smallest absolute Gasteiger partial charge is 0.268 e. The Hall–Kier alpha value is -0.620. The normalized spacial score (nSPS) is 14.2. The van der Waals surface area contributed by atoms with Gasteiger partial charge in [0.2, 0.25) is 0 Å². The summed E-state index contributed by atoms with van der Waals surface area (Å²) in [5.74, 6) is 3.63. The van der Waals surface area contributed by atoms with Crippen molar-refractivity contribution in [3.8, 4) is 11.8 Å². The molecular weight excluding hydrogens is 232 g/mol. The zero-order valence-electron chi connectivity index (χ0n) is 7.59. The summed E-state index contributed by atoms with van der Waals surface area (Å²) in [6, 6.07) is 0. The minimum atomic E-state index is -4.31. The van der Waals surface area contributed by atoms with Gasteiger partial charge in [-0.2, -0.15) is 16.8 Å². The van der Waals surface area contributed by atoms with Crippen LogP contribution in [0, 0.1) is 11.8 Å². The average Bonchev–Trinajstić information content (AvgIpc) is 1.78. The maximum Gasteiger partial charge on any atom is 0.268 e. The third kappa shape index (κ3) is 8.00. The van der Waals surface area contributed by atoms with Crippen LogP contribution in [0.2, 0.25) is 0 Å². The van der Waals surface area contributed by atoms with E-state index in [1.807, 2.05) is 0 Å². The minimum Gasteiger partial charge on any atom is -0.285 e. The van der Waals surface area contributed by atoms with Gasteiger partial charge in [0, 0.05) is 0 Å². The van der Waals surface area contributed by atoms with E-state index in [9.17, 15) is 16.8 Å². The first-order valence-corrected chi connectivity index (χ1v) is 6.82. The molecule has 0 fully saturated rings. The summed E-state index contributed by atoms with van der Waals surface area (Å²) in [7, 11) is -8.11. The lowest BCUT2D eigenvalue weighted by Crippen LogP contribution is -2.24. The number of rotatable bonds is 4. The summed E-state index contributed by atoms with van der Waals surface area (Å²) >= 11 is 0. The molecule has 0 aromatic carbocycles. The van der Waals surface area contributed by atoms with Gasteiger partial charge < -0.3 is 0 Å². The Kier molecular flexibility index (Phi) is 4.54. The summed E-state index contributed by atoms with van der Waals surface area (Å²) in [5.41, 5.74) is 0. The second kappa shape index (κ2) is 4.75. The molecule has 0 aliphatic carbocycles. The molecule has 0 aromatic rings. The first-order valence-electron chi connectivity index (χ1n) is 3.40. The van der Waals surface area contributed by atoms with Crippen molar-refractivity contribution in [2.75, 3.05) is 12.0 Å². The number of hydrogen-bond donors (Lipinski definition) is 1. The van der Waals surface area contributed by atoms with E-state index < -0.39 is 32.1 Å². The van der Waals surface area contributed by atoms with Crippen LogP contribution in [0.5, 0.6) is 0 Å². The monoisotopic (exact) mass is 242 g/mol. The molecule has 0 heterocycles. The molecule has 82 valence electrons. The zero-order valence-corrected chi connectivity index (χ0v) is 9.22. The molecule has 14 heavy (non-hydrogen) atoms. The van der Waals surface area contributed by atoms with E-state index >= 15 is 0 Å². The largest absolute Gasteiger partial charge is 0.285 e. The van der Waals surface area contributed by atoms with Gasteiger partial charge in [0.1, 0.15) is 5.75 Å². The van der Waals surface area contributed by atoms with E-state index in [-0.39, 0.29) is 0 Å². The molecule has 0 spiro atoms. The van der Waals surface area contributed by atoms with E-state index in [1.54, 1.807) is 0 Å². The molecule has 1 atom stereocenters. The van der Waals surface area contributed by atoms with Crippen LogP contribution in [0.4, 0.5) is 0 Å². The second-order valence-electron chi connectivity index (χ2n) is 2.43. The highest BCUT2D eigenvalue weighted by molar-refractivity contribution is 7.86. The van der Waals surface area contributed by atoms with Gasteiger partial charge in [-0.1, -0.05) is 5.92 Å². The van der Waals surface area contributed by atoms with Crippen molar-refractivity contribution in [3.63, 3.8) is 0 Å². The highest BCUT2D eigenvalue weighted by Gasteiger charge is 2.19. The Morgan fingerprint density at radius 1 is 1.36 bits per heavy atom. The molecule has 0 aliphatic rings. The molecule has 0 bridgehead atoms. The lowest BCUT2D eigenvalue weighted by Gasteiger charge is -2.07. The molecule has 0 rings (SSSR count). The molecule has 0 radical (unpaired) electrons. The van der Waals surface area contributed by atoms with Crippen molar-refractivity contribution in [2.24, 2.45) is 0 Å². The maximum absolute atomic E-state index is 10.6. The van der Waals surface area contributed by atoms with Crippen molar-refractivity contribution in [1.82, 2.24) is 0 Å². The van der Waals surface area contributed by atoms with Crippen LogP contribution in [0.3, 0.4) is 0 Å². The van der Waals surface area contributed by atoms with E-state index in [0.29, 0.717) is 0 Å². The standard InChI is InChI=1S/C6H10O6S2/c1-3-4-6(5-14(9,10)11)12-13(2,7)8/h6H,5H2,1-2H3,(H,9,10,11). The Morgan fingerprint density at radius 3 is 2.14 bits per heavy atom. The van der Waals surface area contributed by atoms with Gasteiger partial charge in [-0.25, -0.2) is 0 Å². The Bertz CT molecular complexity index is 400. The number of hydrogen-bond acceptors (Lipinski definition) is 5. The fourth-order valence-electron chi connectivity index (χ4n) is 0.657. The second-order valence-corrected chi connectivity index (χ2v) is 5.53. The lowest BCUT2D eigenvalue weighted by molar-refractivity contribution is 0.284. The first-order chi connectivity index (χ1) is 6.14. The van der Waals surface area contributed by atoms with Crippen LogP contribution in [0.1, 0.15) is 6.92 Å². The predicted octanol–water partition coefficient (Wildman–Crippen LogP) is -0.758. The third-order valence-corrected chi connectivity index (χ3v) is 2.26. The van der Waals surface area contributed by atoms with Crippen molar-refractivity contribution in [1.29, 1.82) is 0 Å². The van der Waals surface area contributed by atoms with Gasteiger partial charge in [0.05, 0.1) is 6.26 Å². The summed E-state index contributed by atoms with van der Waals surface area (Å²) in [4.78, 5) is 0. The summed E-state index contributed by atoms with van der Waals surface area (Å²) in [6.07, 6.45) is -0.605. The quantitative estimate of drug-likeness (QED) is 0.395.